The monoisotopic (exact) mass is 223 g/mol. The Morgan fingerprint density at radius 2 is 2.06 bits per heavy atom. The highest BCUT2D eigenvalue weighted by atomic mass is 16.5. The number of carbonyl (C=O) groups is 1. The Labute approximate surface area is 95.6 Å². The van der Waals surface area contributed by atoms with Gasteiger partial charge >= 0.3 is 0 Å². The maximum absolute atomic E-state index is 11.9. The van der Waals surface area contributed by atoms with Crippen LogP contribution in [0.15, 0.2) is 18.5 Å². The molecule has 1 aromatic rings. The van der Waals surface area contributed by atoms with Crippen molar-refractivity contribution >= 4 is 5.78 Å². The lowest BCUT2D eigenvalue weighted by atomic mass is 9.98. The molecule has 0 saturated heterocycles. The molecule has 0 saturated carbocycles. The predicted molar refractivity (Wildman–Crippen MR) is 60.8 cm³/mol. The van der Waals surface area contributed by atoms with Crippen molar-refractivity contribution < 1.29 is 14.3 Å². The highest BCUT2D eigenvalue weighted by molar-refractivity contribution is 5.96. The largest absolute Gasteiger partial charge is 0.495 e. The smallest absolute Gasteiger partial charge is 0.167 e. The number of pyridine rings is 1. The second-order valence-electron chi connectivity index (χ2n) is 4.18. The summed E-state index contributed by atoms with van der Waals surface area (Å²) in [5, 5.41) is 0. The molecule has 0 aliphatic rings. The molecule has 0 fully saturated rings. The van der Waals surface area contributed by atoms with Crippen molar-refractivity contribution in [3.05, 3.63) is 24.0 Å². The number of carbonyl (C=O) groups excluding carboxylic acids is 1. The highest BCUT2D eigenvalue weighted by Gasteiger charge is 2.22. The average Bonchev–Trinajstić information content (AvgIpc) is 2.28. The molecule has 16 heavy (non-hydrogen) atoms. The van der Waals surface area contributed by atoms with Crippen LogP contribution in [0.25, 0.3) is 0 Å². The molecular weight excluding hydrogens is 206 g/mol. The van der Waals surface area contributed by atoms with Gasteiger partial charge in [0.2, 0.25) is 0 Å². The second kappa shape index (κ2) is 5.07. The van der Waals surface area contributed by atoms with Crippen LogP contribution in [-0.4, -0.2) is 30.6 Å². The van der Waals surface area contributed by atoms with E-state index in [1.807, 2.05) is 13.8 Å². The van der Waals surface area contributed by atoms with Crippen LogP contribution in [0.2, 0.25) is 0 Å². The zero-order valence-electron chi connectivity index (χ0n) is 10.1. The minimum Gasteiger partial charge on any atom is -0.495 e. The number of ether oxygens (including phenoxy) is 2. The van der Waals surface area contributed by atoms with E-state index < -0.39 is 5.60 Å². The molecule has 0 bridgehead atoms. The van der Waals surface area contributed by atoms with E-state index in [-0.39, 0.29) is 5.78 Å². The molecule has 4 nitrogen and oxygen atoms in total. The first-order valence-corrected chi connectivity index (χ1v) is 5.06. The molecule has 0 spiro atoms. The Hall–Kier alpha value is -1.42. The molecule has 0 radical (unpaired) electrons. The highest BCUT2D eigenvalue weighted by Crippen LogP contribution is 2.18. The fourth-order valence-electron chi connectivity index (χ4n) is 1.24. The van der Waals surface area contributed by atoms with E-state index in [4.69, 9.17) is 9.47 Å². The summed E-state index contributed by atoms with van der Waals surface area (Å²) in [6.45, 7) is 3.75. The number of nitrogens with zero attached hydrogens (tertiary/aromatic N) is 1. The van der Waals surface area contributed by atoms with Crippen LogP contribution in [0.5, 0.6) is 5.75 Å². The van der Waals surface area contributed by atoms with Gasteiger partial charge in [-0.25, -0.2) is 0 Å². The lowest BCUT2D eigenvalue weighted by molar-refractivity contribution is 0.0172. The number of hydrogen-bond acceptors (Lipinski definition) is 4. The van der Waals surface area contributed by atoms with Crippen LogP contribution in [0.3, 0.4) is 0 Å². The van der Waals surface area contributed by atoms with Gasteiger partial charge in [0.1, 0.15) is 5.75 Å². The molecule has 0 aliphatic heterocycles. The van der Waals surface area contributed by atoms with E-state index in [1.165, 1.54) is 6.20 Å². The van der Waals surface area contributed by atoms with Crippen LogP contribution >= 0.6 is 0 Å². The van der Waals surface area contributed by atoms with Crippen LogP contribution in [0.1, 0.15) is 30.6 Å². The third kappa shape index (κ3) is 3.31. The minimum atomic E-state index is -0.458. The molecule has 1 heterocycles. The van der Waals surface area contributed by atoms with Crippen molar-refractivity contribution in [2.24, 2.45) is 0 Å². The van der Waals surface area contributed by atoms with Crippen molar-refractivity contribution in [3.63, 3.8) is 0 Å². The molecule has 0 aliphatic carbocycles. The number of hydrogen-bond donors (Lipinski definition) is 0. The normalized spacial score (nSPS) is 11.2. The van der Waals surface area contributed by atoms with Crippen LogP contribution in [0.4, 0.5) is 0 Å². The van der Waals surface area contributed by atoms with Crippen molar-refractivity contribution in [2.75, 3.05) is 14.2 Å². The summed E-state index contributed by atoms with van der Waals surface area (Å²) in [4.78, 5) is 15.9. The summed E-state index contributed by atoms with van der Waals surface area (Å²) in [5.74, 6) is 0.583. The number of ketones is 1. The summed E-state index contributed by atoms with van der Waals surface area (Å²) in [5.41, 5.74) is 0.0876. The van der Waals surface area contributed by atoms with Crippen LogP contribution < -0.4 is 4.74 Å². The molecule has 0 unspecified atom stereocenters. The van der Waals surface area contributed by atoms with Crippen molar-refractivity contribution in [2.45, 2.75) is 25.9 Å². The summed E-state index contributed by atoms with van der Waals surface area (Å²) < 4.78 is 10.2. The van der Waals surface area contributed by atoms with Gasteiger partial charge in [0.05, 0.1) is 18.9 Å². The molecule has 1 rings (SSSR count). The van der Waals surface area contributed by atoms with Crippen LogP contribution in [-0.2, 0) is 4.74 Å². The molecule has 1 aromatic heterocycles. The molecule has 0 N–H and O–H groups in total. The number of rotatable bonds is 5. The first-order valence-electron chi connectivity index (χ1n) is 5.06. The maximum Gasteiger partial charge on any atom is 0.167 e. The fraction of sp³-hybridized carbons (Fsp3) is 0.500. The average molecular weight is 223 g/mol. The number of methoxy groups -OCH3 is 2. The molecule has 0 atom stereocenters. The summed E-state index contributed by atoms with van der Waals surface area (Å²) >= 11 is 0. The standard InChI is InChI=1S/C12H17NO3/c1-12(2,16-4)6-11(14)9-5-10(15-3)8-13-7-9/h5,7-8H,6H2,1-4H3. The Kier molecular flexibility index (Phi) is 4.01. The Balaban J connectivity index is 2.80. The molecule has 0 aromatic carbocycles. The molecular formula is C12H17NO3. The Morgan fingerprint density at radius 1 is 1.38 bits per heavy atom. The van der Waals surface area contributed by atoms with Crippen molar-refractivity contribution in [1.29, 1.82) is 0 Å². The molecule has 0 amide bonds. The topological polar surface area (TPSA) is 48.4 Å². The van der Waals surface area contributed by atoms with E-state index in [9.17, 15) is 4.79 Å². The fourth-order valence-corrected chi connectivity index (χ4v) is 1.24. The predicted octanol–water partition coefficient (Wildman–Crippen LogP) is 2.09. The lowest BCUT2D eigenvalue weighted by Crippen LogP contribution is -2.26. The zero-order valence-corrected chi connectivity index (χ0v) is 10.1. The van der Waals surface area contributed by atoms with E-state index in [2.05, 4.69) is 4.98 Å². The van der Waals surface area contributed by atoms with Gasteiger partial charge in [-0.2, -0.15) is 0 Å². The third-order valence-corrected chi connectivity index (χ3v) is 2.41. The summed E-state index contributed by atoms with van der Waals surface area (Å²) in [6.07, 6.45) is 3.42. The van der Waals surface area contributed by atoms with Gasteiger partial charge in [-0.05, 0) is 19.9 Å². The Morgan fingerprint density at radius 3 is 2.62 bits per heavy atom. The summed E-state index contributed by atoms with van der Waals surface area (Å²) in [7, 11) is 3.14. The van der Waals surface area contributed by atoms with Gasteiger partial charge in [-0.15, -0.1) is 0 Å². The van der Waals surface area contributed by atoms with Gasteiger partial charge in [-0.1, -0.05) is 0 Å². The molecule has 4 heteroatoms. The van der Waals surface area contributed by atoms with E-state index in [0.29, 0.717) is 17.7 Å². The van der Waals surface area contributed by atoms with Crippen molar-refractivity contribution in [1.82, 2.24) is 4.98 Å². The van der Waals surface area contributed by atoms with Gasteiger partial charge in [-0.3, -0.25) is 9.78 Å². The summed E-state index contributed by atoms with van der Waals surface area (Å²) in [6, 6.07) is 1.68. The van der Waals surface area contributed by atoms with Gasteiger partial charge < -0.3 is 9.47 Å². The van der Waals surface area contributed by atoms with Gasteiger partial charge in [0, 0.05) is 25.3 Å². The van der Waals surface area contributed by atoms with Gasteiger partial charge in [0.15, 0.2) is 5.78 Å². The lowest BCUT2D eigenvalue weighted by Gasteiger charge is -2.21. The first-order chi connectivity index (χ1) is 7.48. The first kappa shape index (κ1) is 12.6. The Bertz CT molecular complexity index is 374. The minimum absolute atomic E-state index is 0.00162. The maximum atomic E-state index is 11.9. The zero-order chi connectivity index (χ0) is 12.2. The van der Waals surface area contributed by atoms with E-state index in [0.717, 1.165) is 0 Å². The van der Waals surface area contributed by atoms with Gasteiger partial charge in [0.25, 0.3) is 0 Å². The second-order valence-corrected chi connectivity index (χ2v) is 4.18. The number of aromatic nitrogens is 1. The molecule has 88 valence electrons. The van der Waals surface area contributed by atoms with Crippen molar-refractivity contribution in [3.8, 4) is 5.75 Å². The van der Waals surface area contributed by atoms with E-state index >= 15 is 0 Å². The van der Waals surface area contributed by atoms with Crippen LogP contribution in [0, 0.1) is 0 Å². The van der Waals surface area contributed by atoms with E-state index in [1.54, 1.807) is 26.5 Å². The quantitative estimate of drug-likeness (QED) is 0.717. The SMILES string of the molecule is COc1cncc(C(=O)CC(C)(C)OC)c1. The third-order valence-electron chi connectivity index (χ3n) is 2.41. The number of Topliss-reactive ketones (excluding diaryl/α,β-unsaturated/α-hetero) is 1.